The molecule has 0 aromatic rings. The summed E-state index contributed by atoms with van der Waals surface area (Å²) in [5.41, 5.74) is 0. The van der Waals surface area contributed by atoms with Crippen molar-refractivity contribution in [2.45, 2.75) is 45.4 Å². The summed E-state index contributed by atoms with van der Waals surface area (Å²) in [5.74, 6) is 4.22. The maximum absolute atomic E-state index is 13.0. The van der Waals surface area contributed by atoms with Crippen molar-refractivity contribution in [1.29, 1.82) is 0 Å². The Kier molecular flexibility index (Phi) is 2.94. The highest BCUT2D eigenvalue weighted by Crippen LogP contribution is 2.56. The van der Waals surface area contributed by atoms with E-state index in [0.717, 1.165) is 11.8 Å². The maximum atomic E-state index is 13.0. The standard InChI is InChI=1S/C17H25NO2/c1-10-9-18(3-2-15(10)19)17(20)16-13-5-11-4-12(7-13)8-14(16)6-11/h10-14,16H,2-9H2,1H3. The molecule has 0 N–H and O–H groups in total. The molecular formula is C17H25NO2. The number of ketones is 1. The fraction of sp³-hybridized carbons (Fsp3) is 0.882. The van der Waals surface area contributed by atoms with Gasteiger partial charge in [-0.2, -0.15) is 0 Å². The van der Waals surface area contributed by atoms with Crippen LogP contribution in [0.5, 0.6) is 0 Å². The van der Waals surface area contributed by atoms with Crippen molar-refractivity contribution >= 4 is 11.7 Å². The first kappa shape index (κ1) is 12.8. The van der Waals surface area contributed by atoms with Crippen molar-refractivity contribution in [2.24, 2.45) is 35.5 Å². The second-order valence-corrected chi connectivity index (χ2v) is 7.86. The van der Waals surface area contributed by atoms with E-state index in [9.17, 15) is 9.59 Å². The van der Waals surface area contributed by atoms with Crippen LogP contribution in [0.4, 0.5) is 0 Å². The molecule has 3 nitrogen and oxygen atoms in total. The molecule has 5 rings (SSSR count). The van der Waals surface area contributed by atoms with Crippen molar-refractivity contribution in [3.63, 3.8) is 0 Å². The lowest BCUT2D eigenvalue weighted by Gasteiger charge is -2.54. The Morgan fingerprint density at radius 1 is 1.05 bits per heavy atom. The molecule has 1 atom stereocenters. The van der Waals surface area contributed by atoms with Gasteiger partial charge < -0.3 is 4.90 Å². The fourth-order valence-corrected chi connectivity index (χ4v) is 5.75. The number of piperidine rings is 1. The zero-order valence-corrected chi connectivity index (χ0v) is 12.4. The number of nitrogens with zero attached hydrogens (tertiary/aromatic N) is 1. The summed E-state index contributed by atoms with van der Waals surface area (Å²) < 4.78 is 0. The Morgan fingerprint density at radius 3 is 2.20 bits per heavy atom. The molecule has 1 unspecified atom stereocenters. The topological polar surface area (TPSA) is 37.4 Å². The average Bonchev–Trinajstić information content (AvgIpc) is 2.40. The van der Waals surface area contributed by atoms with Crippen LogP contribution in [0.25, 0.3) is 0 Å². The van der Waals surface area contributed by atoms with Gasteiger partial charge in [-0.25, -0.2) is 0 Å². The molecule has 5 fully saturated rings. The van der Waals surface area contributed by atoms with E-state index in [4.69, 9.17) is 0 Å². The van der Waals surface area contributed by atoms with Gasteiger partial charge in [0.05, 0.1) is 0 Å². The van der Waals surface area contributed by atoms with Gasteiger partial charge in [-0.15, -0.1) is 0 Å². The average molecular weight is 275 g/mol. The molecule has 3 heteroatoms. The minimum atomic E-state index is 0.0459. The van der Waals surface area contributed by atoms with Gasteiger partial charge in [0.15, 0.2) is 0 Å². The smallest absolute Gasteiger partial charge is 0.226 e. The lowest BCUT2D eigenvalue weighted by atomic mass is 9.51. The predicted octanol–water partition coefficient (Wildman–Crippen LogP) is 2.50. The Hall–Kier alpha value is -0.860. The van der Waals surface area contributed by atoms with Gasteiger partial charge >= 0.3 is 0 Å². The van der Waals surface area contributed by atoms with E-state index in [-0.39, 0.29) is 5.92 Å². The molecule has 110 valence electrons. The summed E-state index contributed by atoms with van der Waals surface area (Å²) >= 11 is 0. The number of carbonyl (C=O) groups is 2. The van der Waals surface area contributed by atoms with Crippen LogP contribution in [0.1, 0.15) is 45.4 Å². The summed E-state index contributed by atoms with van der Waals surface area (Å²) in [6.45, 7) is 3.31. The second-order valence-electron chi connectivity index (χ2n) is 7.86. The lowest BCUT2D eigenvalue weighted by molar-refractivity contribution is -0.152. The molecule has 4 aliphatic carbocycles. The molecule has 20 heavy (non-hydrogen) atoms. The van der Waals surface area contributed by atoms with E-state index >= 15 is 0 Å². The van der Waals surface area contributed by atoms with E-state index in [1.54, 1.807) is 0 Å². The highest BCUT2D eigenvalue weighted by Gasteiger charge is 2.51. The first-order valence-electron chi connectivity index (χ1n) is 8.43. The third-order valence-electron chi connectivity index (χ3n) is 6.50. The van der Waals surface area contributed by atoms with Gasteiger partial charge in [0.1, 0.15) is 5.78 Å². The molecule has 1 aliphatic heterocycles. The van der Waals surface area contributed by atoms with Crippen LogP contribution in [-0.4, -0.2) is 29.7 Å². The number of rotatable bonds is 1. The minimum absolute atomic E-state index is 0.0459. The van der Waals surface area contributed by atoms with Gasteiger partial charge in [-0.05, 0) is 55.8 Å². The largest absolute Gasteiger partial charge is 0.341 e. The van der Waals surface area contributed by atoms with E-state index in [2.05, 4.69) is 0 Å². The third-order valence-corrected chi connectivity index (χ3v) is 6.50. The van der Waals surface area contributed by atoms with Gasteiger partial charge in [0.25, 0.3) is 0 Å². The zero-order valence-electron chi connectivity index (χ0n) is 12.4. The molecule has 0 aromatic carbocycles. The van der Waals surface area contributed by atoms with Crippen LogP contribution in [0.15, 0.2) is 0 Å². The van der Waals surface area contributed by atoms with Crippen molar-refractivity contribution in [3.05, 3.63) is 0 Å². The highest BCUT2D eigenvalue weighted by atomic mass is 16.2. The Bertz CT molecular complexity index is 416. The van der Waals surface area contributed by atoms with Crippen molar-refractivity contribution in [3.8, 4) is 0 Å². The van der Waals surface area contributed by atoms with E-state index in [1.165, 1.54) is 32.1 Å². The molecule has 0 spiro atoms. The number of amides is 1. The molecule has 0 radical (unpaired) electrons. The Labute approximate surface area is 121 Å². The highest BCUT2D eigenvalue weighted by molar-refractivity contribution is 5.86. The van der Waals surface area contributed by atoms with E-state index in [1.807, 2.05) is 11.8 Å². The molecule has 5 aliphatic rings. The number of Topliss-reactive ketones (excluding diaryl/α,β-unsaturated/α-hetero) is 1. The van der Waals surface area contributed by atoms with E-state index in [0.29, 0.717) is 49.0 Å². The molecular weight excluding hydrogens is 250 g/mol. The second kappa shape index (κ2) is 4.57. The van der Waals surface area contributed by atoms with Crippen molar-refractivity contribution < 1.29 is 9.59 Å². The van der Waals surface area contributed by atoms with Crippen molar-refractivity contribution in [2.75, 3.05) is 13.1 Å². The van der Waals surface area contributed by atoms with Crippen molar-refractivity contribution in [1.82, 2.24) is 4.90 Å². The summed E-state index contributed by atoms with van der Waals surface area (Å²) in [4.78, 5) is 26.6. The summed E-state index contributed by atoms with van der Waals surface area (Å²) in [6.07, 6.45) is 7.19. The number of hydrogen-bond acceptors (Lipinski definition) is 2. The van der Waals surface area contributed by atoms with Crippen LogP contribution in [0.3, 0.4) is 0 Å². The third kappa shape index (κ3) is 1.93. The normalized spacial score (nSPS) is 46.9. The predicted molar refractivity (Wildman–Crippen MR) is 75.9 cm³/mol. The summed E-state index contributed by atoms with van der Waals surface area (Å²) in [6, 6.07) is 0. The van der Waals surface area contributed by atoms with Crippen LogP contribution in [0.2, 0.25) is 0 Å². The minimum Gasteiger partial charge on any atom is -0.341 e. The first-order valence-corrected chi connectivity index (χ1v) is 8.43. The van der Waals surface area contributed by atoms with Gasteiger partial charge in [0.2, 0.25) is 5.91 Å². The van der Waals surface area contributed by atoms with Crippen LogP contribution < -0.4 is 0 Å². The number of carbonyl (C=O) groups excluding carboxylic acids is 2. The van der Waals surface area contributed by atoms with Crippen LogP contribution >= 0.6 is 0 Å². The Balaban J connectivity index is 1.50. The lowest BCUT2D eigenvalue weighted by Crippen LogP contribution is -2.54. The van der Waals surface area contributed by atoms with Crippen LogP contribution in [-0.2, 0) is 9.59 Å². The molecule has 1 amide bonds. The molecule has 1 heterocycles. The molecule has 0 aromatic heterocycles. The number of likely N-dealkylation sites (tertiary alicyclic amines) is 1. The summed E-state index contributed by atoms with van der Waals surface area (Å²) in [7, 11) is 0. The zero-order chi connectivity index (χ0) is 13.9. The first-order chi connectivity index (χ1) is 9.61. The SMILES string of the molecule is CC1CN(C(=O)C2C3CC4CC(C3)CC2C4)CCC1=O. The Morgan fingerprint density at radius 2 is 1.65 bits per heavy atom. The number of hydrogen-bond donors (Lipinski definition) is 0. The molecule has 4 saturated carbocycles. The van der Waals surface area contributed by atoms with Gasteiger partial charge in [-0.1, -0.05) is 6.92 Å². The quantitative estimate of drug-likeness (QED) is 0.737. The van der Waals surface area contributed by atoms with E-state index < -0.39 is 0 Å². The maximum Gasteiger partial charge on any atom is 0.226 e. The molecule has 4 bridgehead atoms. The monoisotopic (exact) mass is 275 g/mol. The van der Waals surface area contributed by atoms with Gasteiger partial charge in [0, 0.05) is 31.3 Å². The molecule has 1 saturated heterocycles. The fourth-order valence-electron chi connectivity index (χ4n) is 5.75. The summed E-state index contributed by atoms with van der Waals surface area (Å²) in [5, 5.41) is 0. The van der Waals surface area contributed by atoms with Crippen LogP contribution in [0, 0.1) is 35.5 Å². The van der Waals surface area contributed by atoms with Gasteiger partial charge in [-0.3, -0.25) is 9.59 Å².